The van der Waals surface area contributed by atoms with Crippen LogP contribution in [0.1, 0.15) is 79.7 Å². The third kappa shape index (κ3) is 7.79. The Morgan fingerprint density at radius 2 is 1.33 bits per heavy atom. The van der Waals surface area contributed by atoms with Crippen LogP contribution in [0.4, 0.5) is 0 Å². The van der Waals surface area contributed by atoms with Crippen molar-refractivity contribution in [2.45, 2.75) is 79.6 Å². The largest absolute Gasteiger partial charge is 0.512 e. The summed E-state index contributed by atoms with van der Waals surface area (Å²) >= 11 is 0. The van der Waals surface area contributed by atoms with Crippen LogP contribution in [0.2, 0.25) is 0 Å². The van der Waals surface area contributed by atoms with E-state index in [1.54, 1.807) is 0 Å². The van der Waals surface area contributed by atoms with Gasteiger partial charge in [0.25, 0.3) is 0 Å². The molecule has 0 aliphatic carbocycles. The first-order valence-electron chi connectivity index (χ1n) is 18.3. The van der Waals surface area contributed by atoms with Gasteiger partial charge in [-0.05, 0) is 66.6 Å². The van der Waals surface area contributed by atoms with Gasteiger partial charge >= 0.3 is 0 Å². The Morgan fingerprint density at radius 3 is 1.87 bits per heavy atom. The van der Waals surface area contributed by atoms with Crippen LogP contribution in [-0.2, 0) is 30.3 Å². The monoisotopic (exact) mass is 871 g/mol. The van der Waals surface area contributed by atoms with Crippen molar-refractivity contribution >= 4 is 49.7 Å². The first-order valence-corrected chi connectivity index (χ1v) is 18.3. The quantitative estimate of drug-likeness (QED) is 0.0888. The molecule has 0 atom stereocenters. The zero-order valence-corrected chi connectivity index (χ0v) is 33.6. The SMILES string of the molecule is CC(C)(C)c1cc[c-]c(-c2cc(-c3c4oc5ccccc5c4cc4c3oc3ccccc34)ccn2)c1.CCC(CC)C(=O)/C=C(\O)C(CC)CC.[Ir]. The number of benzene rings is 4. The number of rotatable bonds is 9. The number of fused-ring (bicyclic) bond motifs is 6. The van der Waals surface area contributed by atoms with Crippen LogP contribution in [0.15, 0.2) is 112 Å². The molecule has 3 aromatic heterocycles. The number of carbonyl (C=O) groups is 1. The molecule has 5 nitrogen and oxygen atoms in total. The summed E-state index contributed by atoms with van der Waals surface area (Å²) in [4.78, 5) is 16.4. The van der Waals surface area contributed by atoms with Crippen molar-refractivity contribution in [3.63, 3.8) is 0 Å². The summed E-state index contributed by atoms with van der Waals surface area (Å²) in [5.74, 6) is 0.547. The van der Waals surface area contributed by atoms with E-state index < -0.39 is 0 Å². The second kappa shape index (κ2) is 16.4. The van der Waals surface area contributed by atoms with Crippen molar-refractivity contribution in [1.29, 1.82) is 0 Å². The van der Waals surface area contributed by atoms with Crippen LogP contribution in [0.3, 0.4) is 0 Å². The van der Waals surface area contributed by atoms with E-state index in [1.165, 1.54) is 11.6 Å². The summed E-state index contributed by atoms with van der Waals surface area (Å²) in [6.45, 7) is 14.7. The molecule has 271 valence electrons. The summed E-state index contributed by atoms with van der Waals surface area (Å²) in [5.41, 5.74) is 8.48. The molecule has 0 amide bonds. The minimum Gasteiger partial charge on any atom is -0.512 e. The molecule has 0 aliphatic heterocycles. The molecule has 6 heteroatoms. The standard InChI is InChI=1S/C33H24NO2.C13H24O2.Ir/c1-33(2,3)22-10-8-9-20(17-22)27-18-21(15-16-34-27)30-31-25(23-11-4-6-13-28(23)35-31)19-26-24-12-5-7-14-29(24)36-32(26)30;1-5-10(6-2)12(14)9-13(15)11(7-3)8-4;/h4-8,10-19H,1-3H3;9-11,14H,5-8H2,1-4H3;/q-1;;/b;12-9-;. The van der Waals surface area contributed by atoms with Gasteiger partial charge in [0.1, 0.15) is 22.3 Å². The molecular formula is C46H48IrNO4-. The summed E-state index contributed by atoms with van der Waals surface area (Å²) in [6, 6.07) is 32.4. The summed E-state index contributed by atoms with van der Waals surface area (Å²) in [6.07, 6.45) is 6.77. The zero-order chi connectivity index (χ0) is 36.3. The zero-order valence-electron chi connectivity index (χ0n) is 31.2. The molecule has 4 aromatic carbocycles. The van der Waals surface area contributed by atoms with E-state index in [2.05, 4.69) is 75.4 Å². The van der Waals surface area contributed by atoms with E-state index in [4.69, 9.17) is 13.8 Å². The maximum Gasteiger partial charge on any atom is 0.162 e. The van der Waals surface area contributed by atoms with Gasteiger partial charge in [-0.3, -0.25) is 4.79 Å². The van der Waals surface area contributed by atoms with Crippen LogP contribution in [0.5, 0.6) is 0 Å². The molecule has 0 fully saturated rings. The minimum atomic E-state index is 0. The number of carbonyl (C=O) groups excluding carboxylic acids is 1. The van der Waals surface area contributed by atoms with Crippen LogP contribution in [0, 0.1) is 17.9 Å². The average molecular weight is 871 g/mol. The second-order valence-corrected chi connectivity index (χ2v) is 14.4. The van der Waals surface area contributed by atoms with E-state index >= 15 is 0 Å². The number of ketones is 1. The van der Waals surface area contributed by atoms with Gasteiger partial charge in [0, 0.05) is 65.8 Å². The maximum absolute atomic E-state index is 11.7. The fraction of sp³-hybridized carbons (Fsp3) is 0.304. The molecule has 0 saturated carbocycles. The van der Waals surface area contributed by atoms with E-state index in [0.717, 1.165) is 91.9 Å². The van der Waals surface area contributed by atoms with Crippen LogP contribution >= 0.6 is 0 Å². The number of aliphatic hydroxyl groups is 1. The number of hydrogen-bond acceptors (Lipinski definition) is 5. The van der Waals surface area contributed by atoms with Crippen LogP contribution in [-0.4, -0.2) is 15.9 Å². The summed E-state index contributed by atoms with van der Waals surface area (Å²) in [5, 5.41) is 14.1. The maximum atomic E-state index is 11.7. The first-order chi connectivity index (χ1) is 24.6. The van der Waals surface area contributed by atoms with Crippen molar-refractivity contribution in [3.8, 4) is 22.4 Å². The van der Waals surface area contributed by atoms with Crippen LogP contribution in [0.25, 0.3) is 66.3 Å². The Bertz CT molecular complexity index is 2260. The summed E-state index contributed by atoms with van der Waals surface area (Å²) < 4.78 is 12.9. The van der Waals surface area contributed by atoms with E-state index in [-0.39, 0.29) is 48.9 Å². The number of para-hydroxylation sites is 2. The third-order valence-electron chi connectivity index (χ3n) is 10.1. The number of hydrogen-bond donors (Lipinski definition) is 1. The smallest absolute Gasteiger partial charge is 0.162 e. The fourth-order valence-corrected chi connectivity index (χ4v) is 6.89. The van der Waals surface area contributed by atoms with E-state index in [1.807, 2.05) is 70.3 Å². The molecule has 0 unspecified atom stereocenters. The number of allylic oxidation sites excluding steroid dienone is 2. The molecule has 0 saturated heterocycles. The van der Waals surface area contributed by atoms with Gasteiger partial charge in [-0.1, -0.05) is 90.9 Å². The van der Waals surface area contributed by atoms with Crippen molar-refractivity contribution < 1.29 is 38.8 Å². The fourth-order valence-electron chi connectivity index (χ4n) is 6.89. The third-order valence-corrected chi connectivity index (χ3v) is 10.1. The second-order valence-electron chi connectivity index (χ2n) is 14.4. The van der Waals surface area contributed by atoms with E-state index in [0.29, 0.717) is 0 Å². The summed E-state index contributed by atoms with van der Waals surface area (Å²) in [7, 11) is 0. The number of nitrogens with zero attached hydrogens (tertiary/aromatic N) is 1. The molecule has 0 bridgehead atoms. The molecule has 0 spiro atoms. The van der Waals surface area contributed by atoms with Gasteiger partial charge in [-0.15, -0.1) is 35.4 Å². The van der Waals surface area contributed by atoms with Crippen molar-refractivity contribution in [2.24, 2.45) is 11.8 Å². The molecule has 52 heavy (non-hydrogen) atoms. The molecule has 7 aromatic rings. The average Bonchev–Trinajstić information content (AvgIpc) is 3.70. The Kier molecular flexibility index (Phi) is 12.2. The normalized spacial score (nSPS) is 12.1. The van der Waals surface area contributed by atoms with Gasteiger partial charge in [0.05, 0.1) is 11.3 Å². The number of furan rings is 2. The van der Waals surface area contributed by atoms with E-state index in [9.17, 15) is 9.90 Å². The number of pyridine rings is 1. The van der Waals surface area contributed by atoms with Crippen molar-refractivity contribution in [3.05, 3.63) is 115 Å². The first kappa shape index (κ1) is 38.7. The Balaban J connectivity index is 0.000000280. The Labute approximate surface area is 320 Å². The van der Waals surface area contributed by atoms with Gasteiger partial charge in [0.15, 0.2) is 5.78 Å². The Hall–Kier alpha value is -4.51. The Morgan fingerprint density at radius 1 is 0.769 bits per heavy atom. The molecule has 1 N–H and O–H groups in total. The van der Waals surface area contributed by atoms with Gasteiger partial charge in [-0.2, -0.15) is 0 Å². The molecular weight excluding hydrogens is 823 g/mol. The predicted octanol–water partition coefficient (Wildman–Crippen LogP) is 13.2. The number of aromatic nitrogens is 1. The van der Waals surface area contributed by atoms with Crippen LogP contribution < -0.4 is 0 Å². The molecule has 3 heterocycles. The number of aliphatic hydroxyl groups excluding tert-OH is 1. The minimum absolute atomic E-state index is 0. The molecule has 1 radical (unpaired) electrons. The predicted molar refractivity (Wildman–Crippen MR) is 211 cm³/mol. The van der Waals surface area contributed by atoms with Gasteiger partial charge in [-0.25, -0.2) is 0 Å². The van der Waals surface area contributed by atoms with Crippen molar-refractivity contribution in [1.82, 2.24) is 4.98 Å². The molecule has 0 aliphatic rings. The topological polar surface area (TPSA) is 76.5 Å². The van der Waals surface area contributed by atoms with Gasteiger partial charge in [0.2, 0.25) is 0 Å². The van der Waals surface area contributed by atoms with Crippen molar-refractivity contribution in [2.75, 3.05) is 0 Å². The molecule has 7 rings (SSSR count). The van der Waals surface area contributed by atoms with Gasteiger partial charge < -0.3 is 18.9 Å².